The second-order valence-electron chi connectivity index (χ2n) is 3.62. The quantitative estimate of drug-likeness (QED) is 0.817. The van der Waals surface area contributed by atoms with Crippen LogP contribution in [0.4, 0.5) is 0 Å². The van der Waals surface area contributed by atoms with Crippen LogP contribution in [0.15, 0.2) is 24.3 Å². The van der Waals surface area contributed by atoms with Gasteiger partial charge in [0.2, 0.25) is 5.91 Å². The van der Waals surface area contributed by atoms with Crippen molar-refractivity contribution in [2.45, 2.75) is 26.3 Å². The monoisotopic (exact) mass is 207 g/mol. The molecule has 1 amide bonds. The molecule has 3 heteroatoms. The molecule has 3 nitrogen and oxygen atoms in total. The van der Waals surface area contributed by atoms with E-state index in [1.54, 1.807) is 7.11 Å². The third-order valence-corrected chi connectivity index (χ3v) is 2.17. The zero-order chi connectivity index (χ0) is 11.3. The molecule has 1 rings (SSSR count). The molecule has 0 aromatic heterocycles. The number of carbonyl (C=O) groups is 1. The summed E-state index contributed by atoms with van der Waals surface area (Å²) >= 11 is 0. The number of benzene rings is 1. The molecule has 0 spiro atoms. The van der Waals surface area contributed by atoms with Gasteiger partial charge in [0.15, 0.2) is 0 Å². The van der Waals surface area contributed by atoms with Crippen molar-refractivity contribution in [1.29, 1.82) is 0 Å². The van der Waals surface area contributed by atoms with Gasteiger partial charge >= 0.3 is 0 Å². The zero-order valence-electron chi connectivity index (χ0n) is 9.41. The maximum Gasteiger partial charge on any atom is 0.217 e. The summed E-state index contributed by atoms with van der Waals surface area (Å²) in [5, 5.41) is 2.85. The number of hydrogen-bond donors (Lipinski definition) is 1. The minimum absolute atomic E-state index is 0.00241. The third-order valence-electron chi connectivity index (χ3n) is 2.17. The van der Waals surface area contributed by atoms with E-state index in [1.807, 2.05) is 31.2 Å². The van der Waals surface area contributed by atoms with Crippen LogP contribution in [-0.2, 0) is 11.2 Å². The Hall–Kier alpha value is -1.51. The smallest absolute Gasteiger partial charge is 0.217 e. The van der Waals surface area contributed by atoms with Crippen molar-refractivity contribution in [3.05, 3.63) is 29.8 Å². The van der Waals surface area contributed by atoms with Gasteiger partial charge in [-0.05, 0) is 25.0 Å². The van der Waals surface area contributed by atoms with E-state index in [1.165, 1.54) is 6.92 Å². The molecule has 0 bridgehead atoms. The topological polar surface area (TPSA) is 38.3 Å². The summed E-state index contributed by atoms with van der Waals surface area (Å²) in [5.74, 6) is 0.868. The number of ether oxygens (including phenoxy) is 1. The number of carbonyl (C=O) groups excluding carboxylic acids is 1. The number of nitrogens with one attached hydrogen (secondary N) is 1. The lowest BCUT2D eigenvalue weighted by molar-refractivity contribution is -0.119. The molecule has 1 atom stereocenters. The Kier molecular flexibility index (Phi) is 4.16. The largest absolute Gasteiger partial charge is 0.496 e. The van der Waals surface area contributed by atoms with Gasteiger partial charge in [-0.15, -0.1) is 0 Å². The molecule has 0 saturated carbocycles. The van der Waals surface area contributed by atoms with Gasteiger partial charge in [-0.3, -0.25) is 4.79 Å². The SMILES string of the molecule is COc1ccccc1C[C@H](C)NC(C)=O. The van der Waals surface area contributed by atoms with E-state index in [0.29, 0.717) is 0 Å². The van der Waals surface area contributed by atoms with E-state index in [-0.39, 0.29) is 11.9 Å². The Labute approximate surface area is 90.4 Å². The van der Waals surface area contributed by atoms with E-state index < -0.39 is 0 Å². The molecule has 15 heavy (non-hydrogen) atoms. The minimum atomic E-state index is -0.00241. The molecule has 0 aliphatic rings. The Morgan fingerprint density at radius 1 is 1.47 bits per heavy atom. The van der Waals surface area contributed by atoms with Crippen molar-refractivity contribution in [2.24, 2.45) is 0 Å². The van der Waals surface area contributed by atoms with Crippen molar-refractivity contribution < 1.29 is 9.53 Å². The molecule has 1 aromatic rings. The van der Waals surface area contributed by atoms with Crippen molar-refractivity contribution in [1.82, 2.24) is 5.32 Å². The minimum Gasteiger partial charge on any atom is -0.496 e. The molecule has 0 aliphatic carbocycles. The third kappa shape index (κ3) is 3.62. The van der Waals surface area contributed by atoms with Crippen LogP contribution >= 0.6 is 0 Å². The standard InChI is InChI=1S/C12H17NO2/c1-9(13-10(2)14)8-11-6-4-5-7-12(11)15-3/h4-7,9H,8H2,1-3H3,(H,13,14)/t9-/m0/s1. The Morgan fingerprint density at radius 2 is 2.13 bits per heavy atom. The van der Waals surface area contributed by atoms with E-state index >= 15 is 0 Å². The van der Waals surface area contributed by atoms with Crippen LogP contribution in [0, 0.1) is 0 Å². The van der Waals surface area contributed by atoms with Crippen molar-refractivity contribution >= 4 is 5.91 Å². The molecule has 0 unspecified atom stereocenters. The van der Waals surface area contributed by atoms with E-state index in [9.17, 15) is 4.79 Å². The van der Waals surface area contributed by atoms with Crippen LogP contribution in [0.25, 0.3) is 0 Å². The lowest BCUT2D eigenvalue weighted by Gasteiger charge is -2.14. The maximum absolute atomic E-state index is 10.9. The fraction of sp³-hybridized carbons (Fsp3) is 0.417. The van der Waals surface area contributed by atoms with Gasteiger partial charge in [0.05, 0.1) is 7.11 Å². The van der Waals surface area contributed by atoms with Crippen molar-refractivity contribution in [2.75, 3.05) is 7.11 Å². The molecule has 82 valence electrons. The molecular formula is C12H17NO2. The number of methoxy groups -OCH3 is 1. The summed E-state index contributed by atoms with van der Waals surface area (Å²) in [7, 11) is 1.65. The van der Waals surface area contributed by atoms with E-state index in [0.717, 1.165) is 17.7 Å². The average Bonchev–Trinajstić information content (AvgIpc) is 2.17. The summed E-state index contributed by atoms with van der Waals surface area (Å²) in [5.41, 5.74) is 1.11. The second kappa shape index (κ2) is 5.39. The lowest BCUT2D eigenvalue weighted by atomic mass is 10.1. The van der Waals surface area contributed by atoms with Gasteiger partial charge in [0.25, 0.3) is 0 Å². The first kappa shape index (κ1) is 11.6. The van der Waals surface area contributed by atoms with Gasteiger partial charge in [0.1, 0.15) is 5.75 Å². The van der Waals surface area contributed by atoms with Crippen molar-refractivity contribution in [3.63, 3.8) is 0 Å². The highest BCUT2D eigenvalue weighted by Gasteiger charge is 2.08. The lowest BCUT2D eigenvalue weighted by Crippen LogP contribution is -2.32. The molecule has 0 fully saturated rings. The molecule has 0 saturated heterocycles. The van der Waals surface area contributed by atoms with Crippen LogP contribution in [0.2, 0.25) is 0 Å². The highest BCUT2D eigenvalue weighted by molar-refractivity contribution is 5.73. The van der Waals surface area contributed by atoms with Crippen LogP contribution in [0.5, 0.6) is 5.75 Å². The van der Waals surface area contributed by atoms with Crippen molar-refractivity contribution in [3.8, 4) is 5.75 Å². The van der Waals surface area contributed by atoms with Gasteiger partial charge in [0, 0.05) is 13.0 Å². The molecule has 1 N–H and O–H groups in total. The van der Waals surface area contributed by atoms with Crippen LogP contribution < -0.4 is 10.1 Å². The molecule has 0 heterocycles. The predicted octanol–water partition coefficient (Wildman–Crippen LogP) is 1.76. The fourth-order valence-electron chi connectivity index (χ4n) is 1.60. The summed E-state index contributed by atoms with van der Waals surface area (Å²) in [6.07, 6.45) is 0.781. The summed E-state index contributed by atoms with van der Waals surface area (Å²) in [6, 6.07) is 7.97. The van der Waals surface area contributed by atoms with Gasteiger partial charge in [-0.25, -0.2) is 0 Å². The number of rotatable bonds is 4. The average molecular weight is 207 g/mol. The van der Waals surface area contributed by atoms with Gasteiger partial charge < -0.3 is 10.1 Å². The maximum atomic E-state index is 10.9. The van der Waals surface area contributed by atoms with Crippen LogP contribution in [-0.4, -0.2) is 19.1 Å². The van der Waals surface area contributed by atoms with E-state index in [4.69, 9.17) is 4.74 Å². The predicted molar refractivity (Wildman–Crippen MR) is 60.0 cm³/mol. The Morgan fingerprint density at radius 3 is 2.73 bits per heavy atom. The van der Waals surface area contributed by atoms with E-state index in [2.05, 4.69) is 5.32 Å². The summed E-state index contributed by atoms with van der Waals surface area (Å²) < 4.78 is 5.24. The van der Waals surface area contributed by atoms with Crippen LogP contribution in [0.1, 0.15) is 19.4 Å². The first-order valence-electron chi connectivity index (χ1n) is 5.02. The molecular weight excluding hydrogens is 190 g/mol. The number of para-hydroxylation sites is 1. The zero-order valence-corrected chi connectivity index (χ0v) is 9.41. The normalized spacial score (nSPS) is 11.9. The highest BCUT2D eigenvalue weighted by atomic mass is 16.5. The summed E-state index contributed by atoms with van der Waals surface area (Å²) in [6.45, 7) is 3.51. The Balaban J connectivity index is 2.67. The first-order chi connectivity index (χ1) is 7.13. The molecule has 0 aliphatic heterocycles. The number of hydrogen-bond acceptors (Lipinski definition) is 2. The Bertz CT molecular complexity index is 336. The highest BCUT2D eigenvalue weighted by Crippen LogP contribution is 2.18. The fourth-order valence-corrected chi connectivity index (χ4v) is 1.60. The molecule has 0 radical (unpaired) electrons. The molecule has 1 aromatic carbocycles. The van der Waals surface area contributed by atoms with Gasteiger partial charge in [-0.2, -0.15) is 0 Å². The summed E-state index contributed by atoms with van der Waals surface area (Å²) in [4.78, 5) is 10.9. The van der Waals surface area contributed by atoms with Gasteiger partial charge in [-0.1, -0.05) is 18.2 Å². The second-order valence-corrected chi connectivity index (χ2v) is 3.62. The number of amides is 1. The van der Waals surface area contributed by atoms with Crippen LogP contribution in [0.3, 0.4) is 0 Å². The first-order valence-corrected chi connectivity index (χ1v) is 5.02.